The van der Waals surface area contributed by atoms with Crippen molar-refractivity contribution in [1.82, 2.24) is 0 Å². The molecule has 1 aliphatic rings. The number of hydrogen-bond acceptors (Lipinski definition) is 2. The summed E-state index contributed by atoms with van der Waals surface area (Å²) >= 11 is 0. The molecule has 0 saturated heterocycles. The summed E-state index contributed by atoms with van der Waals surface area (Å²) in [5, 5.41) is 21.4. The Hall–Kier alpha value is -2.03. The summed E-state index contributed by atoms with van der Waals surface area (Å²) in [7, 11) is 0. The van der Waals surface area contributed by atoms with Crippen molar-refractivity contribution in [3.63, 3.8) is 0 Å². The molecule has 3 rings (SSSR count). The first-order valence-electron chi connectivity index (χ1n) is 7.45. The summed E-state index contributed by atoms with van der Waals surface area (Å²) in [6.45, 7) is 3.93. The summed E-state index contributed by atoms with van der Waals surface area (Å²) < 4.78 is 0. The number of aromatic hydroxyl groups is 1. The first-order valence-corrected chi connectivity index (χ1v) is 7.45. The van der Waals surface area contributed by atoms with Gasteiger partial charge in [-0.2, -0.15) is 0 Å². The van der Waals surface area contributed by atoms with E-state index >= 15 is 0 Å². The van der Waals surface area contributed by atoms with Crippen LogP contribution in [-0.4, -0.2) is 16.2 Å². The van der Waals surface area contributed by atoms with Gasteiger partial charge in [0.15, 0.2) is 0 Å². The Morgan fingerprint density at radius 3 is 2.68 bits per heavy atom. The van der Waals surface area contributed by atoms with Crippen LogP contribution < -0.4 is 0 Å². The number of phenols is 1. The molecule has 2 aromatic rings. The second-order valence-corrected chi connectivity index (χ2v) is 6.22. The number of carboxylic acids is 1. The molecule has 118 valence electrons. The normalized spacial score (nSPS) is 23.6. The molecule has 0 spiro atoms. The molecule has 22 heavy (non-hydrogen) atoms. The van der Waals surface area contributed by atoms with Crippen LogP contribution in [0.15, 0.2) is 30.3 Å². The third kappa shape index (κ3) is 2.25. The van der Waals surface area contributed by atoms with E-state index in [4.69, 9.17) is 0 Å². The van der Waals surface area contributed by atoms with Crippen LogP contribution in [0, 0.1) is 5.41 Å². The highest BCUT2D eigenvalue weighted by Crippen LogP contribution is 2.49. The van der Waals surface area contributed by atoms with Crippen molar-refractivity contribution < 1.29 is 15.0 Å². The lowest BCUT2D eigenvalue weighted by molar-refractivity contribution is -0.150. The predicted octanol–water partition coefficient (Wildman–Crippen LogP) is 4.71. The topological polar surface area (TPSA) is 57.5 Å². The Bertz CT molecular complexity index is 720. The van der Waals surface area contributed by atoms with Gasteiger partial charge in [-0.3, -0.25) is 4.79 Å². The number of carbonyl (C=O) groups is 1. The van der Waals surface area contributed by atoms with Crippen molar-refractivity contribution in [3.05, 3.63) is 41.5 Å². The predicted molar refractivity (Wildman–Crippen MR) is 89.4 cm³/mol. The summed E-state index contributed by atoms with van der Waals surface area (Å²) in [6.07, 6.45) is 2.25. The molecule has 2 aromatic carbocycles. The number of rotatable bonds is 2. The van der Waals surface area contributed by atoms with Crippen LogP contribution in [0.2, 0.25) is 0 Å². The molecule has 0 aliphatic heterocycles. The molecule has 0 bridgehead atoms. The highest BCUT2D eigenvalue weighted by molar-refractivity contribution is 5.89. The third-order valence-corrected chi connectivity index (χ3v) is 5.09. The minimum Gasteiger partial charge on any atom is -0.508 e. The average molecular weight is 300 g/mol. The van der Waals surface area contributed by atoms with Crippen molar-refractivity contribution in [2.24, 2.45) is 5.41 Å². The summed E-state index contributed by atoms with van der Waals surface area (Å²) in [5.74, 6) is -0.400. The molecule has 0 aromatic heterocycles. The standard InChI is InChI=1S/C18H20O3.CH4/c1-3-16-15-6-4-11-10-12(19)5-7-13(11)14(15)8-9-18(16,2)17(20)21;/h4-7,10,16,19H,3,8-9H2,1-2H3,(H,20,21);1H4/t16-,18+;/m0./s1. The first-order chi connectivity index (χ1) is 9.97. The second-order valence-electron chi connectivity index (χ2n) is 6.22. The zero-order chi connectivity index (χ0) is 15.2. The summed E-state index contributed by atoms with van der Waals surface area (Å²) in [4.78, 5) is 11.7. The Kier molecular flexibility index (Phi) is 4.19. The van der Waals surface area contributed by atoms with Crippen molar-refractivity contribution in [1.29, 1.82) is 0 Å². The highest BCUT2D eigenvalue weighted by atomic mass is 16.4. The molecule has 3 nitrogen and oxygen atoms in total. The lowest BCUT2D eigenvalue weighted by Gasteiger charge is -2.39. The average Bonchev–Trinajstić information content (AvgIpc) is 2.46. The molecule has 1 aliphatic carbocycles. The van der Waals surface area contributed by atoms with Crippen molar-refractivity contribution in [2.75, 3.05) is 0 Å². The largest absolute Gasteiger partial charge is 0.508 e. The van der Waals surface area contributed by atoms with Crippen LogP contribution in [0.3, 0.4) is 0 Å². The molecule has 3 heteroatoms. The first kappa shape index (κ1) is 16.3. The monoisotopic (exact) mass is 300 g/mol. The van der Waals surface area contributed by atoms with Gasteiger partial charge in [0, 0.05) is 0 Å². The SMILES string of the molecule is C.CC[C@H]1c2ccc3cc(O)ccc3c2CC[C@@]1(C)C(=O)O. The molecular weight excluding hydrogens is 276 g/mol. The highest BCUT2D eigenvalue weighted by Gasteiger charge is 2.44. The van der Waals surface area contributed by atoms with Gasteiger partial charge in [0.2, 0.25) is 0 Å². The fourth-order valence-corrected chi connectivity index (χ4v) is 3.83. The van der Waals surface area contributed by atoms with E-state index in [2.05, 4.69) is 6.92 Å². The molecule has 0 heterocycles. The van der Waals surface area contributed by atoms with E-state index in [-0.39, 0.29) is 19.1 Å². The molecule has 2 atom stereocenters. The van der Waals surface area contributed by atoms with Crippen LogP contribution in [0.25, 0.3) is 10.8 Å². The molecule has 0 fully saturated rings. The van der Waals surface area contributed by atoms with E-state index in [0.29, 0.717) is 6.42 Å². The van der Waals surface area contributed by atoms with E-state index in [0.717, 1.165) is 29.2 Å². The van der Waals surface area contributed by atoms with Gasteiger partial charge in [-0.25, -0.2) is 0 Å². The number of benzene rings is 2. The zero-order valence-corrected chi connectivity index (χ0v) is 12.4. The fourth-order valence-electron chi connectivity index (χ4n) is 3.83. The van der Waals surface area contributed by atoms with Gasteiger partial charge in [0.05, 0.1) is 5.41 Å². The van der Waals surface area contributed by atoms with Crippen molar-refractivity contribution >= 4 is 16.7 Å². The fraction of sp³-hybridized carbons (Fsp3) is 0.421. The van der Waals surface area contributed by atoms with Gasteiger partial charge >= 0.3 is 5.97 Å². The van der Waals surface area contributed by atoms with E-state index in [9.17, 15) is 15.0 Å². The van der Waals surface area contributed by atoms with Gasteiger partial charge in [0.1, 0.15) is 5.75 Å². The third-order valence-electron chi connectivity index (χ3n) is 5.09. The van der Waals surface area contributed by atoms with E-state index in [1.165, 1.54) is 5.56 Å². The maximum atomic E-state index is 11.7. The van der Waals surface area contributed by atoms with Crippen LogP contribution in [0.5, 0.6) is 5.75 Å². The van der Waals surface area contributed by atoms with Crippen LogP contribution in [0.4, 0.5) is 0 Å². The molecule has 2 N–H and O–H groups in total. The molecule has 0 amide bonds. The lowest BCUT2D eigenvalue weighted by Crippen LogP contribution is -2.38. The Morgan fingerprint density at radius 2 is 2.05 bits per heavy atom. The second kappa shape index (κ2) is 5.64. The number of hydrogen-bond donors (Lipinski definition) is 2. The Morgan fingerprint density at radius 1 is 1.32 bits per heavy atom. The molecule has 0 saturated carbocycles. The zero-order valence-electron chi connectivity index (χ0n) is 12.4. The number of aryl methyl sites for hydroxylation is 1. The van der Waals surface area contributed by atoms with E-state index < -0.39 is 11.4 Å². The van der Waals surface area contributed by atoms with Gasteiger partial charge in [-0.05, 0) is 66.1 Å². The summed E-state index contributed by atoms with van der Waals surface area (Å²) in [6, 6.07) is 9.45. The number of phenolic OH excluding ortho intramolecular Hbond substituents is 1. The quantitative estimate of drug-likeness (QED) is 0.844. The molecule has 0 radical (unpaired) electrons. The van der Waals surface area contributed by atoms with Gasteiger partial charge in [-0.15, -0.1) is 0 Å². The smallest absolute Gasteiger partial charge is 0.309 e. The maximum absolute atomic E-state index is 11.7. The molecular formula is C19H24O3. The van der Waals surface area contributed by atoms with E-state index in [1.54, 1.807) is 12.1 Å². The van der Waals surface area contributed by atoms with E-state index in [1.807, 2.05) is 25.1 Å². The minimum absolute atomic E-state index is 0. The van der Waals surface area contributed by atoms with Gasteiger partial charge in [0.25, 0.3) is 0 Å². The van der Waals surface area contributed by atoms with Crippen molar-refractivity contribution in [2.45, 2.75) is 46.5 Å². The number of fused-ring (bicyclic) bond motifs is 3. The maximum Gasteiger partial charge on any atom is 0.309 e. The number of aliphatic carboxylic acids is 1. The van der Waals surface area contributed by atoms with Crippen LogP contribution >= 0.6 is 0 Å². The summed E-state index contributed by atoms with van der Waals surface area (Å²) in [5.41, 5.74) is 1.72. The van der Waals surface area contributed by atoms with Crippen LogP contribution in [-0.2, 0) is 11.2 Å². The molecule has 0 unspecified atom stereocenters. The lowest BCUT2D eigenvalue weighted by atomic mass is 9.63. The van der Waals surface area contributed by atoms with Crippen molar-refractivity contribution in [3.8, 4) is 5.75 Å². The van der Waals surface area contributed by atoms with Crippen LogP contribution in [0.1, 0.15) is 51.2 Å². The Labute approximate surface area is 131 Å². The Balaban J connectivity index is 0.00000176. The van der Waals surface area contributed by atoms with Gasteiger partial charge < -0.3 is 10.2 Å². The van der Waals surface area contributed by atoms with Gasteiger partial charge in [-0.1, -0.05) is 32.5 Å². The minimum atomic E-state index is -0.703. The number of carboxylic acid groups (broad SMARTS) is 1.